The van der Waals surface area contributed by atoms with Crippen LogP contribution in [0.3, 0.4) is 0 Å². The number of rotatable bonds is 6. The summed E-state index contributed by atoms with van der Waals surface area (Å²) in [6.45, 7) is 5.30. The van der Waals surface area contributed by atoms with Gasteiger partial charge in [0.05, 0.1) is 24.9 Å². The van der Waals surface area contributed by atoms with E-state index in [0.717, 1.165) is 5.56 Å². The molecule has 33 heavy (non-hydrogen) atoms. The van der Waals surface area contributed by atoms with Crippen LogP contribution in [0.15, 0.2) is 59.8 Å². The maximum Gasteiger partial charge on any atom is 0.330 e. The molecule has 0 aliphatic heterocycles. The summed E-state index contributed by atoms with van der Waals surface area (Å²) in [5.74, 6) is -0.228. The lowest BCUT2D eigenvalue weighted by Crippen LogP contribution is -2.36. The number of methoxy groups -OCH3 is 1. The molecule has 0 amide bonds. The van der Waals surface area contributed by atoms with E-state index in [9.17, 15) is 14.9 Å². The van der Waals surface area contributed by atoms with Gasteiger partial charge in [0.2, 0.25) is 0 Å². The average Bonchev–Trinajstić information content (AvgIpc) is 2.77. The number of nitriles is 1. The highest BCUT2D eigenvalue weighted by Crippen LogP contribution is 2.33. The number of hydrogen-bond donors (Lipinski definition) is 0. The Morgan fingerprint density at radius 2 is 1.88 bits per heavy atom. The summed E-state index contributed by atoms with van der Waals surface area (Å²) in [7, 11) is 1.45. The standard InChI is InChI=1S/C25H24ClN3O4/c1-25(2,3)33-24(31)21(11-16-7-9-28-10-8-16)29-15-22(32-4)20(13-23(29)30)19-12-18(26)6-5-17(19)14-27/h5-10,12-13,15,21H,11H2,1-4H3. The zero-order valence-corrected chi connectivity index (χ0v) is 19.6. The molecule has 3 aromatic rings. The van der Waals surface area contributed by atoms with Gasteiger partial charge in [0.1, 0.15) is 17.4 Å². The molecule has 1 atom stereocenters. The Morgan fingerprint density at radius 3 is 2.48 bits per heavy atom. The third-order valence-electron chi connectivity index (χ3n) is 4.85. The number of ether oxygens (including phenoxy) is 2. The molecule has 7 nitrogen and oxygen atoms in total. The van der Waals surface area contributed by atoms with E-state index in [1.807, 2.05) is 0 Å². The fourth-order valence-electron chi connectivity index (χ4n) is 3.39. The first kappa shape index (κ1) is 24.0. The first-order valence-electron chi connectivity index (χ1n) is 10.2. The van der Waals surface area contributed by atoms with E-state index in [-0.39, 0.29) is 6.42 Å². The van der Waals surface area contributed by atoms with Gasteiger partial charge in [-0.1, -0.05) is 11.6 Å². The molecule has 2 heterocycles. The molecule has 3 rings (SSSR count). The van der Waals surface area contributed by atoms with Crippen molar-refractivity contribution in [2.45, 2.75) is 38.8 Å². The molecule has 0 bridgehead atoms. The van der Waals surface area contributed by atoms with Crippen LogP contribution in [0.4, 0.5) is 0 Å². The number of pyridine rings is 2. The monoisotopic (exact) mass is 465 g/mol. The third kappa shape index (κ3) is 5.79. The Hall–Kier alpha value is -3.63. The SMILES string of the molecule is COc1cn(C(Cc2ccncc2)C(=O)OC(C)(C)C)c(=O)cc1-c1cc(Cl)ccc1C#N. The summed E-state index contributed by atoms with van der Waals surface area (Å²) < 4.78 is 12.4. The van der Waals surface area contributed by atoms with Crippen LogP contribution in [0.25, 0.3) is 11.1 Å². The van der Waals surface area contributed by atoms with E-state index < -0.39 is 23.2 Å². The quantitative estimate of drug-likeness (QED) is 0.495. The number of aromatic nitrogens is 2. The number of hydrogen-bond acceptors (Lipinski definition) is 6. The Labute approximate surface area is 197 Å². The topological polar surface area (TPSA) is 94.2 Å². The summed E-state index contributed by atoms with van der Waals surface area (Å²) in [6, 6.07) is 10.8. The van der Waals surface area contributed by atoms with Gasteiger partial charge in [-0.2, -0.15) is 5.26 Å². The van der Waals surface area contributed by atoms with E-state index in [1.54, 1.807) is 63.5 Å². The van der Waals surface area contributed by atoms with Gasteiger partial charge >= 0.3 is 5.97 Å². The highest BCUT2D eigenvalue weighted by Gasteiger charge is 2.29. The Balaban J connectivity index is 2.15. The summed E-state index contributed by atoms with van der Waals surface area (Å²) in [5, 5.41) is 9.92. The Morgan fingerprint density at radius 1 is 1.18 bits per heavy atom. The van der Waals surface area contributed by atoms with Gasteiger partial charge in [-0.3, -0.25) is 14.3 Å². The molecular weight excluding hydrogens is 442 g/mol. The van der Waals surface area contributed by atoms with Crippen molar-refractivity contribution >= 4 is 17.6 Å². The second-order valence-electron chi connectivity index (χ2n) is 8.41. The number of nitrogens with zero attached hydrogens (tertiary/aromatic N) is 3. The lowest BCUT2D eigenvalue weighted by atomic mass is 10.00. The molecule has 8 heteroatoms. The van der Waals surface area contributed by atoms with Crippen LogP contribution in [0, 0.1) is 11.3 Å². The zero-order chi connectivity index (χ0) is 24.2. The molecule has 1 aromatic carbocycles. The van der Waals surface area contributed by atoms with Crippen molar-refractivity contribution in [3.63, 3.8) is 0 Å². The van der Waals surface area contributed by atoms with Gasteiger partial charge < -0.3 is 9.47 Å². The number of benzene rings is 1. The molecule has 0 saturated heterocycles. The van der Waals surface area contributed by atoms with Crippen molar-refractivity contribution in [1.29, 1.82) is 5.26 Å². The minimum atomic E-state index is -0.933. The summed E-state index contributed by atoms with van der Waals surface area (Å²) in [6.07, 6.45) is 4.93. The van der Waals surface area contributed by atoms with Crippen molar-refractivity contribution < 1.29 is 14.3 Å². The van der Waals surface area contributed by atoms with E-state index in [4.69, 9.17) is 21.1 Å². The van der Waals surface area contributed by atoms with Crippen LogP contribution in [0.1, 0.15) is 37.9 Å². The fourth-order valence-corrected chi connectivity index (χ4v) is 3.56. The maximum atomic E-state index is 13.2. The second kappa shape index (κ2) is 9.88. The number of halogens is 1. The van der Waals surface area contributed by atoms with Crippen LogP contribution in [0.2, 0.25) is 5.02 Å². The molecule has 0 aliphatic rings. The van der Waals surface area contributed by atoms with Crippen LogP contribution < -0.4 is 10.3 Å². The normalized spacial score (nSPS) is 12.0. The van der Waals surface area contributed by atoms with Gasteiger partial charge in [0, 0.05) is 41.0 Å². The van der Waals surface area contributed by atoms with Crippen LogP contribution in [0.5, 0.6) is 5.75 Å². The highest BCUT2D eigenvalue weighted by molar-refractivity contribution is 6.31. The molecule has 0 fully saturated rings. The third-order valence-corrected chi connectivity index (χ3v) is 5.08. The van der Waals surface area contributed by atoms with E-state index in [1.165, 1.54) is 23.9 Å². The lowest BCUT2D eigenvalue weighted by molar-refractivity contribution is -0.159. The van der Waals surface area contributed by atoms with Crippen molar-refractivity contribution in [1.82, 2.24) is 9.55 Å². The first-order chi connectivity index (χ1) is 15.6. The molecule has 0 N–H and O–H groups in total. The minimum Gasteiger partial charge on any atom is -0.495 e. The Kier molecular flexibility index (Phi) is 7.19. The maximum absolute atomic E-state index is 13.2. The highest BCUT2D eigenvalue weighted by atomic mass is 35.5. The van der Waals surface area contributed by atoms with Crippen molar-refractivity contribution in [2.24, 2.45) is 0 Å². The van der Waals surface area contributed by atoms with Gasteiger partial charge in [0.25, 0.3) is 5.56 Å². The summed E-state index contributed by atoms with van der Waals surface area (Å²) >= 11 is 6.13. The number of carbonyl (C=O) groups is 1. The number of carbonyl (C=O) groups excluding carboxylic acids is 1. The summed E-state index contributed by atoms with van der Waals surface area (Å²) in [4.78, 5) is 30.4. The van der Waals surface area contributed by atoms with Crippen LogP contribution in [-0.2, 0) is 16.0 Å². The van der Waals surface area contributed by atoms with Crippen LogP contribution in [-0.4, -0.2) is 28.2 Å². The van der Waals surface area contributed by atoms with Crippen molar-refractivity contribution in [2.75, 3.05) is 7.11 Å². The van der Waals surface area contributed by atoms with E-state index >= 15 is 0 Å². The lowest BCUT2D eigenvalue weighted by Gasteiger charge is -2.26. The second-order valence-corrected chi connectivity index (χ2v) is 8.85. The predicted molar refractivity (Wildman–Crippen MR) is 125 cm³/mol. The molecule has 170 valence electrons. The van der Waals surface area contributed by atoms with Gasteiger partial charge in [-0.05, 0) is 56.7 Å². The molecule has 1 unspecified atom stereocenters. The molecule has 0 aliphatic carbocycles. The smallest absolute Gasteiger partial charge is 0.330 e. The first-order valence-corrected chi connectivity index (χ1v) is 10.6. The molecular formula is C25H24ClN3O4. The molecule has 0 radical (unpaired) electrons. The van der Waals surface area contributed by atoms with E-state index in [0.29, 0.717) is 27.5 Å². The van der Waals surface area contributed by atoms with Crippen LogP contribution >= 0.6 is 11.6 Å². The van der Waals surface area contributed by atoms with E-state index in [2.05, 4.69) is 11.1 Å². The van der Waals surface area contributed by atoms with Gasteiger partial charge in [0.15, 0.2) is 0 Å². The van der Waals surface area contributed by atoms with Crippen molar-refractivity contribution in [3.8, 4) is 22.9 Å². The molecule has 0 spiro atoms. The number of esters is 1. The largest absolute Gasteiger partial charge is 0.495 e. The van der Waals surface area contributed by atoms with Gasteiger partial charge in [-0.25, -0.2) is 4.79 Å². The Bertz CT molecular complexity index is 1260. The van der Waals surface area contributed by atoms with Gasteiger partial charge in [-0.15, -0.1) is 0 Å². The minimum absolute atomic E-state index is 0.223. The zero-order valence-electron chi connectivity index (χ0n) is 18.8. The predicted octanol–water partition coefficient (Wildman–Crippen LogP) is 4.57. The average molecular weight is 466 g/mol. The molecule has 2 aromatic heterocycles. The van der Waals surface area contributed by atoms with Crippen molar-refractivity contribution in [3.05, 3.63) is 81.5 Å². The fraction of sp³-hybridized carbons (Fsp3) is 0.280. The summed E-state index contributed by atoms with van der Waals surface area (Å²) in [5.41, 5.74) is 0.856. The molecule has 0 saturated carbocycles.